The summed E-state index contributed by atoms with van der Waals surface area (Å²) in [7, 11) is 0. The molecule has 1 amide bonds. The van der Waals surface area contributed by atoms with Gasteiger partial charge in [-0.05, 0) is 54.1 Å². The fraction of sp³-hybridized carbons (Fsp3) is 0.667. The van der Waals surface area contributed by atoms with Crippen LogP contribution in [0.25, 0.3) is 0 Å². The van der Waals surface area contributed by atoms with Crippen LogP contribution >= 0.6 is 15.9 Å². The Morgan fingerprint density at radius 2 is 2.16 bits per heavy atom. The first-order valence-corrected chi connectivity index (χ1v) is 8.10. The van der Waals surface area contributed by atoms with Gasteiger partial charge in [0, 0.05) is 30.3 Å². The lowest BCUT2D eigenvalue weighted by molar-refractivity contribution is 0.0749. The van der Waals surface area contributed by atoms with Gasteiger partial charge in [-0.2, -0.15) is 0 Å². The van der Waals surface area contributed by atoms with Crippen LogP contribution in [0.5, 0.6) is 0 Å². The van der Waals surface area contributed by atoms with Crippen LogP contribution in [0.4, 0.5) is 0 Å². The van der Waals surface area contributed by atoms with Crippen molar-refractivity contribution in [3.63, 3.8) is 0 Å². The SMILES string of the molecule is CCC1CCCN(C(=O)c2cc(Br)cn2CC)CC1. The van der Waals surface area contributed by atoms with E-state index in [1.54, 1.807) is 0 Å². The number of halogens is 1. The van der Waals surface area contributed by atoms with Gasteiger partial charge in [0.1, 0.15) is 5.69 Å². The van der Waals surface area contributed by atoms with E-state index in [-0.39, 0.29) is 5.91 Å². The number of aryl methyl sites for hydroxylation is 1. The Morgan fingerprint density at radius 1 is 1.37 bits per heavy atom. The molecule has 106 valence electrons. The summed E-state index contributed by atoms with van der Waals surface area (Å²) in [4.78, 5) is 14.7. The molecule has 2 heterocycles. The number of aromatic nitrogens is 1. The molecule has 0 aliphatic carbocycles. The third kappa shape index (κ3) is 3.41. The second-order valence-corrected chi connectivity index (χ2v) is 6.24. The zero-order valence-corrected chi connectivity index (χ0v) is 13.4. The van der Waals surface area contributed by atoms with Crippen molar-refractivity contribution >= 4 is 21.8 Å². The molecule has 1 aliphatic rings. The van der Waals surface area contributed by atoms with Gasteiger partial charge in [0.25, 0.3) is 5.91 Å². The normalized spacial score (nSPS) is 20.4. The van der Waals surface area contributed by atoms with Gasteiger partial charge >= 0.3 is 0 Å². The van der Waals surface area contributed by atoms with Gasteiger partial charge in [0.15, 0.2) is 0 Å². The van der Waals surface area contributed by atoms with Gasteiger partial charge in [0.05, 0.1) is 0 Å². The van der Waals surface area contributed by atoms with Crippen molar-refractivity contribution in [1.29, 1.82) is 0 Å². The monoisotopic (exact) mass is 326 g/mol. The molecule has 1 unspecified atom stereocenters. The van der Waals surface area contributed by atoms with Crippen LogP contribution in [0, 0.1) is 5.92 Å². The van der Waals surface area contributed by atoms with Crippen molar-refractivity contribution in [3.8, 4) is 0 Å². The standard InChI is InChI=1S/C15H23BrN2O/c1-3-12-6-5-8-18(9-7-12)15(19)14-10-13(16)11-17(14)4-2/h10-12H,3-9H2,1-2H3. The molecule has 0 radical (unpaired) electrons. The zero-order valence-electron chi connectivity index (χ0n) is 11.9. The van der Waals surface area contributed by atoms with Gasteiger partial charge in [-0.3, -0.25) is 4.79 Å². The number of hydrogen-bond acceptors (Lipinski definition) is 1. The molecule has 1 aromatic heterocycles. The van der Waals surface area contributed by atoms with E-state index in [0.717, 1.165) is 48.6 Å². The number of nitrogens with zero attached hydrogens (tertiary/aromatic N) is 2. The highest BCUT2D eigenvalue weighted by atomic mass is 79.9. The average Bonchev–Trinajstić information content (AvgIpc) is 2.64. The van der Waals surface area contributed by atoms with Gasteiger partial charge in [-0.1, -0.05) is 13.3 Å². The molecule has 1 fully saturated rings. The van der Waals surface area contributed by atoms with E-state index in [4.69, 9.17) is 0 Å². The first-order valence-electron chi connectivity index (χ1n) is 7.30. The Balaban J connectivity index is 2.10. The molecule has 1 atom stereocenters. The van der Waals surface area contributed by atoms with Crippen molar-refractivity contribution in [2.24, 2.45) is 5.92 Å². The molecule has 1 aromatic rings. The second kappa shape index (κ2) is 6.60. The average molecular weight is 327 g/mol. The summed E-state index contributed by atoms with van der Waals surface area (Å²) in [6, 6.07) is 1.94. The molecule has 19 heavy (non-hydrogen) atoms. The van der Waals surface area contributed by atoms with Crippen molar-refractivity contribution in [2.45, 2.75) is 46.1 Å². The summed E-state index contributed by atoms with van der Waals surface area (Å²) < 4.78 is 3.01. The number of hydrogen-bond donors (Lipinski definition) is 0. The highest BCUT2D eigenvalue weighted by molar-refractivity contribution is 9.10. The predicted octanol–water partition coefficient (Wildman–Crippen LogP) is 3.92. The molecule has 3 nitrogen and oxygen atoms in total. The van der Waals surface area contributed by atoms with E-state index in [2.05, 4.69) is 29.8 Å². The third-order valence-electron chi connectivity index (χ3n) is 4.14. The Hall–Kier alpha value is -0.770. The number of carbonyl (C=O) groups excluding carboxylic acids is 1. The topological polar surface area (TPSA) is 25.2 Å². The van der Waals surface area contributed by atoms with Gasteiger partial charge in [0.2, 0.25) is 0 Å². The summed E-state index contributed by atoms with van der Waals surface area (Å²) in [6.07, 6.45) is 6.77. The van der Waals surface area contributed by atoms with E-state index in [9.17, 15) is 4.79 Å². The van der Waals surface area contributed by atoms with Crippen LogP contribution in [0.1, 0.15) is 50.0 Å². The molecule has 0 aromatic carbocycles. The lowest BCUT2D eigenvalue weighted by atomic mass is 9.98. The quantitative estimate of drug-likeness (QED) is 0.826. The molecule has 0 saturated carbocycles. The Kier molecular flexibility index (Phi) is 5.08. The number of rotatable bonds is 3. The Labute approximate surface area is 124 Å². The number of carbonyl (C=O) groups is 1. The zero-order chi connectivity index (χ0) is 13.8. The van der Waals surface area contributed by atoms with Crippen LogP contribution in [-0.4, -0.2) is 28.5 Å². The second-order valence-electron chi connectivity index (χ2n) is 5.33. The van der Waals surface area contributed by atoms with E-state index in [1.807, 2.05) is 21.7 Å². The molecule has 0 spiro atoms. The highest BCUT2D eigenvalue weighted by Crippen LogP contribution is 2.23. The van der Waals surface area contributed by atoms with Crippen LogP contribution in [0.15, 0.2) is 16.7 Å². The first-order chi connectivity index (χ1) is 9.15. The van der Waals surface area contributed by atoms with Crippen LogP contribution in [0.2, 0.25) is 0 Å². The third-order valence-corrected chi connectivity index (χ3v) is 4.57. The first kappa shape index (κ1) is 14.6. The summed E-state index contributed by atoms with van der Waals surface area (Å²) in [6.45, 7) is 6.96. The maximum Gasteiger partial charge on any atom is 0.270 e. The summed E-state index contributed by atoms with van der Waals surface area (Å²) >= 11 is 3.46. The summed E-state index contributed by atoms with van der Waals surface area (Å²) in [5.74, 6) is 0.979. The fourth-order valence-corrected chi connectivity index (χ4v) is 3.32. The minimum Gasteiger partial charge on any atom is -0.343 e. The van der Waals surface area contributed by atoms with Crippen LogP contribution < -0.4 is 0 Å². The molecular weight excluding hydrogens is 304 g/mol. The molecule has 1 saturated heterocycles. The van der Waals surface area contributed by atoms with Gasteiger partial charge in [-0.15, -0.1) is 0 Å². The number of likely N-dealkylation sites (tertiary alicyclic amines) is 1. The van der Waals surface area contributed by atoms with E-state index in [1.165, 1.54) is 12.8 Å². The molecule has 1 aliphatic heterocycles. The van der Waals surface area contributed by atoms with Crippen molar-refractivity contribution < 1.29 is 4.79 Å². The molecule has 0 bridgehead atoms. The fourth-order valence-electron chi connectivity index (χ4n) is 2.85. The van der Waals surface area contributed by atoms with Gasteiger partial charge < -0.3 is 9.47 Å². The largest absolute Gasteiger partial charge is 0.343 e. The van der Waals surface area contributed by atoms with E-state index >= 15 is 0 Å². The predicted molar refractivity (Wildman–Crippen MR) is 81.3 cm³/mol. The minimum absolute atomic E-state index is 0.185. The molecule has 2 rings (SSSR count). The highest BCUT2D eigenvalue weighted by Gasteiger charge is 2.23. The Morgan fingerprint density at radius 3 is 2.84 bits per heavy atom. The number of amides is 1. The maximum absolute atomic E-state index is 12.6. The Bertz CT molecular complexity index is 441. The smallest absolute Gasteiger partial charge is 0.270 e. The van der Waals surface area contributed by atoms with Gasteiger partial charge in [-0.25, -0.2) is 0 Å². The van der Waals surface area contributed by atoms with Crippen molar-refractivity contribution in [3.05, 3.63) is 22.4 Å². The summed E-state index contributed by atoms with van der Waals surface area (Å²) in [5.41, 5.74) is 0.810. The van der Waals surface area contributed by atoms with Crippen molar-refractivity contribution in [2.75, 3.05) is 13.1 Å². The lowest BCUT2D eigenvalue weighted by Crippen LogP contribution is -2.33. The molecule has 4 heteroatoms. The maximum atomic E-state index is 12.6. The van der Waals surface area contributed by atoms with Crippen LogP contribution in [0.3, 0.4) is 0 Å². The van der Waals surface area contributed by atoms with Crippen molar-refractivity contribution in [1.82, 2.24) is 9.47 Å². The molecular formula is C15H23BrN2O. The van der Waals surface area contributed by atoms with E-state index in [0.29, 0.717) is 0 Å². The lowest BCUT2D eigenvalue weighted by Gasteiger charge is -2.21. The molecule has 0 N–H and O–H groups in total. The van der Waals surface area contributed by atoms with Crippen LogP contribution in [-0.2, 0) is 6.54 Å². The minimum atomic E-state index is 0.185. The summed E-state index contributed by atoms with van der Waals surface area (Å²) in [5, 5.41) is 0. The van der Waals surface area contributed by atoms with E-state index < -0.39 is 0 Å².